The first-order valence-electron chi connectivity index (χ1n) is 12.5. The van der Waals surface area contributed by atoms with E-state index in [4.69, 9.17) is 5.73 Å². The van der Waals surface area contributed by atoms with Crippen molar-refractivity contribution in [2.75, 3.05) is 39.2 Å². The van der Waals surface area contributed by atoms with Crippen LogP contribution in [0.25, 0.3) is 0 Å². The van der Waals surface area contributed by atoms with Crippen LogP contribution >= 0.6 is 0 Å². The largest absolute Gasteiger partial charge is 0.505 e. The van der Waals surface area contributed by atoms with Crippen molar-refractivity contribution in [3.05, 3.63) is 73.5 Å². The molecule has 12 heteroatoms. The van der Waals surface area contributed by atoms with Crippen molar-refractivity contribution < 1.29 is 29.4 Å². The van der Waals surface area contributed by atoms with Gasteiger partial charge in [-0.1, -0.05) is 33.4 Å². The van der Waals surface area contributed by atoms with E-state index < -0.39 is 10.9 Å². The normalized spacial score (nSPS) is 15.1. The summed E-state index contributed by atoms with van der Waals surface area (Å²) in [6, 6.07) is 9.30. The predicted octanol–water partition coefficient (Wildman–Crippen LogP) is 2.46. The summed E-state index contributed by atoms with van der Waals surface area (Å²) in [5, 5.41) is 22.2. The minimum absolute atomic E-state index is 0. The molecule has 12 nitrogen and oxygen atoms in total. The zero-order valence-electron chi connectivity index (χ0n) is 23.9. The number of carbonyl (C=O) groups excluding carboxylic acids is 4. The molecule has 1 saturated carbocycles. The second kappa shape index (κ2) is 14.1. The highest BCUT2D eigenvalue weighted by molar-refractivity contribution is 6.45. The van der Waals surface area contributed by atoms with Crippen molar-refractivity contribution in [3.63, 3.8) is 0 Å². The van der Waals surface area contributed by atoms with Gasteiger partial charge < -0.3 is 31.1 Å². The van der Waals surface area contributed by atoms with Gasteiger partial charge in [-0.25, -0.2) is 0 Å². The number of carbonyl (C=O) groups is 4. The smallest absolute Gasteiger partial charge is 0.257 e. The van der Waals surface area contributed by atoms with Gasteiger partial charge in [0.2, 0.25) is 22.4 Å². The summed E-state index contributed by atoms with van der Waals surface area (Å²) in [6.07, 6.45) is 0. The minimum Gasteiger partial charge on any atom is -0.505 e. The van der Waals surface area contributed by atoms with Crippen LogP contribution in [0, 0.1) is 18.8 Å². The molecular formula is C30H38N4O8. The molecule has 42 heavy (non-hydrogen) atoms. The zero-order chi connectivity index (χ0) is 31.3. The summed E-state index contributed by atoms with van der Waals surface area (Å²) < 4.78 is 0. The third-order valence-corrected chi connectivity index (χ3v) is 6.60. The Morgan fingerprint density at radius 2 is 1.19 bits per heavy atom. The van der Waals surface area contributed by atoms with E-state index in [2.05, 4.69) is 5.32 Å². The van der Waals surface area contributed by atoms with Gasteiger partial charge in [0.15, 0.2) is 11.5 Å². The lowest BCUT2D eigenvalue weighted by atomic mass is 9.74. The fourth-order valence-electron chi connectivity index (χ4n) is 3.63. The number of phenols is 2. The van der Waals surface area contributed by atoms with Gasteiger partial charge in [0, 0.05) is 45.6 Å². The van der Waals surface area contributed by atoms with Crippen molar-refractivity contribution in [2.24, 2.45) is 11.8 Å². The highest BCUT2D eigenvalue weighted by Crippen LogP contribution is 2.31. The zero-order valence-corrected chi connectivity index (χ0v) is 23.9. The fourth-order valence-corrected chi connectivity index (χ4v) is 3.63. The average Bonchev–Trinajstić information content (AvgIpc) is 2.96. The lowest BCUT2D eigenvalue weighted by molar-refractivity contribution is -0.151. The summed E-state index contributed by atoms with van der Waals surface area (Å²) >= 11 is 0. The van der Waals surface area contributed by atoms with E-state index in [9.17, 15) is 39.0 Å². The van der Waals surface area contributed by atoms with Crippen molar-refractivity contribution in [3.8, 4) is 11.5 Å². The molecule has 0 radical (unpaired) electrons. The summed E-state index contributed by atoms with van der Waals surface area (Å²) in [4.78, 5) is 69.4. The minimum atomic E-state index is -0.619. The third-order valence-electron chi connectivity index (χ3n) is 6.60. The number of hydrogen-bond donors (Lipinski definition) is 4. The average molecular weight is 583 g/mol. The molecule has 0 spiro atoms. The van der Waals surface area contributed by atoms with E-state index in [1.54, 1.807) is 60.2 Å². The number of Topliss-reactive ketones (excluding diaryl/α,β-unsaturated/α-hetero) is 2. The topological polar surface area (TPSA) is 187 Å². The highest BCUT2D eigenvalue weighted by Gasteiger charge is 2.42. The maximum absolute atomic E-state index is 11.9. The Labute approximate surface area is 244 Å². The standard InChI is InChI=1S/C14H14N2O4.C9H12N2O2.C6H8O2.CH4/c1-7-10(13(19)11(7)17)15-9-6-4-5-8(12(9)18)14(20)16(2)3;1-11(2)9(13)6-4-3-5-7(10)8(6)12;1-3-4(2)6(8)5(3)7;/h4-6,15,18H,1-3H3;3-5,12H,10H2,1-2H3;3-4H,1-2H3;1H4. The fraction of sp³-hybridized carbons (Fsp3) is 0.333. The van der Waals surface area contributed by atoms with Gasteiger partial charge in [0.25, 0.3) is 11.8 Å². The van der Waals surface area contributed by atoms with Gasteiger partial charge in [-0.2, -0.15) is 0 Å². The predicted molar refractivity (Wildman–Crippen MR) is 161 cm³/mol. The molecular weight excluding hydrogens is 544 g/mol. The van der Waals surface area contributed by atoms with Crippen LogP contribution in [-0.4, -0.2) is 71.6 Å². The molecule has 0 heterocycles. The van der Waals surface area contributed by atoms with Crippen molar-refractivity contribution >= 4 is 40.4 Å². The molecule has 0 bridgehead atoms. The Hall–Kier alpha value is -5.00. The number of amides is 2. The molecule has 4 rings (SSSR count). The molecule has 2 unspecified atom stereocenters. The van der Waals surface area contributed by atoms with Gasteiger partial charge in [-0.05, 0) is 31.2 Å². The second-order valence-electron chi connectivity index (χ2n) is 9.93. The monoisotopic (exact) mass is 582 g/mol. The Kier molecular flexibility index (Phi) is 11.7. The molecule has 3 aromatic rings. The summed E-state index contributed by atoms with van der Waals surface area (Å²) in [5.41, 5.74) is 5.53. The molecule has 226 valence electrons. The van der Waals surface area contributed by atoms with Gasteiger partial charge in [-0.3, -0.25) is 28.8 Å². The maximum Gasteiger partial charge on any atom is 0.257 e. The van der Waals surface area contributed by atoms with E-state index in [1.165, 1.54) is 34.9 Å². The van der Waals surface area contributed by atoms with Crippen LogP contribution in [0.4, 0.5) is 17.1 Å². The number of phenolic OH excluding ortho intramolecular Hbond substituents is 2. The molecule has 3 aromatic carbocycles. The number of nitrogen functional groups attached to an aromatic ring is 1. The lowest BCUT2D eigenvalue weighted by Crippen LogP contribution is -2.44. The van der Waals surface area contributed by atoms with Crippen LogP contribution in [-0.2, 0) is 9.59 Å². The van der Waals surface area contributed by atoms with E-state index in [0.717, 1.165) is 0 Å². The first-order valence-corrected chi connectivity index (χ1v) is 12.5. The summed E-state index contributed by atoms with van der Waals surface area (Å²) in [5.74, 6) is -1.43. The van der Waals surface area contributed by atoms with Crippen LogP contribution in [0.1, 0.15) is 47.6 Å². The molecule has 1 aliphatic carbocycles. The van der Waals surface area contributed by atoms with Crippen molar-refractivity contribution in [1.29, 1.82) is 0 Å². The first kappa shape index (κ1) is 35.0. The number of para-hydroxylation sites is 2. The van der Waals surface area contributed by atoms with E-state index >= 15 is 0 Å². The van der Waals surface area contributed by atoms with Crippen LogP contribution in [0.15, 0.2) is 46.0 Å². The molecule has 5 N–H and O–H groups in total. The number of benzene rings is 2. The number of ketones is 2. The molecule has 0 saturated heterocycles. The van der Waals surface area contributed by atoms with Gasteiger partial charge >= 0.3 is 0 Å². The van der Waals surface area contributed by atoms with Crippen LogP contribution in [0.2, 0.25) is 0 Å². The van der Waals surface area contributed by atoms with Crippen molar-refractivity contribution in [1.82, 2.24) is 9.80 Å². The first-order chi connectivity index (χ1) is 19.0. The van der Waals surface area contributed by atoms with Crippen LogP contribution in [0.3, 0.4) is 0 Å². The Morgan fingerprint density at radius 3 is 1.60 bits per heavy atom. The molecule has 0 aromatic heterocycles. The Morgan fingerprint density at radius 1 is 0.762 bits per heavy atom. The van der Waals surface area contributed by atoms with Gasteiger partial charge in [0.05, 0.1) is 28.2 Å². The number of anilines is 3. The molecule has 2 amide bonds. The van der Waals surface area contributed by atoms with E-state index in [1.807, 2.05) is 0 Å². The SMILES string of the molecule is C.CC1C(=O)C(=O)C1C.CN(C)C(=O)c1cccc(N)c1O.Cc1c(Nc2cccc(C(=O)N(C)C)c2O)c(=O)c1=O. The molecule has 1 aliphatic rings. The summed E-state index contributed by atoms with van der Waals surface area (Å²) in [7, 11) is 6.38. The van der Waals surface area contributed by atoms with Gasteiger partial charge in [-0.15, -0.1) is 0 Å². The van der Waals surface area contributed by atoms with E-state index in [-0.39, 0.29) is 82.3 Å². The number of rotatable bonds is 4. The number of aromatic hydroxyl groups is 2. The number of nitrogens with zero attached hydrogens (tertiary/aromatic N) is 2. The third kappa shape index (κ3) is 7.19. The number of hydrogen-bond acceptors (Lipinski definition) is 10. The Balaban J connectivity index is 0.000000344. The number of nitrogens with two attached hydrogens (primary N) is 1. The van der Waals surface area contributed by atoms with Crippen LogP contribution < -0.4 is 21.9 Å². The molecule has 0 aliphatic heterocycles. The van der Waals surface area contributed by atoms with Crippen LogP contribution in [0.5, 0.6) is 11.5 Å². The molecule has 2 atom stereocenters. The maximum atomic E-state index is 11.9. The lowest BCUT2D eigenvalue weighted by Gasteiger charge is -2.25. The highest BCUT2D eigenvalue weighted by atomic mass is 16.3. The summed E-state index contributed by atoms with van der Waals surface area (Å²) in [6.45, 7) is 5.10. The van der Waals surface area contributed by atoms with E-state index in [0.29, 0.717) is 5.56 Å². The number of nitrogens with one attached hydrogen (secondary N) is 1. The second-order valence-corrected chi connectivity index (χ2v) is 9.93. The van der Waals surface area contributed by atoms with Crippen molar-refractivity contribution in [2.45, 2.75) is 28.2 Å². The Bertz CT molecular complexity index is 1550. The van der Waals surface area contributed by atoms with Gasteiger partial charge in [0.1, 0.15) is 0 Å². The molecule has 1 fully saturated rings. The quantitative estimate of drug-likeness (QED) is 0.202.